The Balaban J connectivity index is 4.21. The summed E-state index contributed by atoms with van der Waals surface area (Å²) in [6.45, 7) is 6.59. The predicted octanol–water partition coefficient (Wildman–Crippen LogP) is 16.4. The third-order valence-corrected chi connectivity index (χ3v) is 11.2. The van der Waals surface area contributed by atoms with E-state index in [-0.39, 0.29) is 31.1 Å². The molecule has 0 heterocycles. The van der Waals surface area contributed by atoms with Crippen molar-refractivity contribution in [2.45, 2.75) is 277 Å². The van der Waals surface area contributed by atoms with Crippen molar-refractivity contribution in [3.8, 4) is 0 Å². The Morgan fingerprint density at radius 2 is 0.621 bits per heavy atom. The molecule has 0 N–H and O–H groups in total. The lowest BCUT2D eigenvalue weighted by atomic mass is 10.0. The monoisotopic (exact) mass is 817 g/mol. The number of hydrogen-bond donors (Lipinski definition) is 0. The van der Waals surface area contributed by atoms with Crippen molar-refractivity contribution >= 4 is 17.9 Å². The Kier molecular flexibility index (Phi) is 45.8. The molecule has 0 rings (SSSR count). The van der Waals surface area contributed by atoms with Crippen molar-refractivity contribution in [2.24, 2.45) is 0 Å². The van der Waals surface area contributed by atoms with Gasteiger partial charge in [0.2, 0.25) is 0 Å². The summed E-state index contributed by atoms with van der Waals surface area (Å²) in [6, 6.07) is 0. The SMILES string of the molecule is CCCCC/C=C\C/C=C\CCCCCCCCCCCC(=O)OCC(COC(=O)CCCCCCCCC)OC(=O)CCCCCCCCCCCCCCCC. The van der Waals surface area contributed by atoms with Crippen LogP contribution in [0.1, 0.15) is 271 Å². The lowest BCUT2D eigenvalue weighted by Crippen LogP contribution is -2.30. The van der Waals surface area contributed by atoms with Gasteiger partial charge in [-0.3, -0.25) is 14.4 Å². The van der Waals surface area contributed by atoms with Crippen molar-refractivity contribution < 1.29 is 28.6 Å². The van der Waals surface area contributed by atoms with E-state index in [0.717, 1.165) is 64.2 Å². The predicted molar refractivity (Wildman–Crippen MR) is 247 cm³/mol. The largest absolute Gasteiger partial charge is 0.462 e. The van der Waals surface area contributed by atoms with Gasteiger partial charge in [0.25, 0.3) is 0 Å². The Bertz CT molecular complexity index is 942. The third kappa shape index (κ3) is 45.0. The van der Waals surface area contributed by atoms with Gasteiger partial charge in [-0.2, -0.15) is 0 Å². The van der Waals surface area contributed by atoms with Crippen LogP contribution in [0.5, 0.6) is 0 Å². The Hall–Kier alpha value is -2.11. The fraction of sp³-hybridized carbons (Fsp3) is 0.865. The maximum atomic E-state index is 12.7. The Morgan fingerprint density at radius 3 is 0.983 bits per heavy atom. The smallest absolute Gasteiger partial charge is 0.306 e. The van der Waals surface area contributed by atoms with E-state index < -0.39 is 6.10 Å². The molecule has 0 saturated heterocycles. The first-order valence-corrected chi connectivity index (χ1v) is 25.3. The molecule has 1 atom stereocenters. The minimum Gasteiger partial charge on any atom is -0.462 e. The number of hydrogen-bond acceptors (Lipinski definition) is 6. The molecule has 0 aliphatic carbocycles. The van der Waals surface area contributed by atoms with Gasteiger partial charge in [-0.25, -0.2) is 0 Å². The highest BCUT2D eigenvalue weighted by Crippen LogP contribution is 2.16. The van der Waals surface area contributed by atoms with Crippen LogP contribution in [0.2, 0.25) is 0 Å². The first-order chi connectivity index (χ1) is 28.5. The minimum absolute atomic E-state index is 0.0688. The van der Waals surface area contributed by atoms with Crippen molar-refractivity contribution in [1.29, 1.82) is 0 Å². The molecular weight excluding hydrogens is 721 g/mol. The Labute approximate surface area is 360 Å². The molecule has 0 aromatic rings. The van der Waals surface area contributed by atoms with Gasteiger partial charge in [0, 0.05) is 19.3 Å². The number of esters is 3. The second-order valence-corrected chi connectivity index (χ2v) is 17.1. The van der Waals surface area contributed by atoms with Crippen LogP contribution in [-0.4, -0.2) is 37.2 Å². The highest BCUT2D eigenvalue weighted by atomic mass is 16.6. The number of ether oxygens (including phenoxy) is 3. The van der Waals surface area contributed by atoms with Crippen LogP contribution in [0.3, 0.4) is 0 Å². The van der Waals surface area contributed by atoms with Gasteiger partial charge in [0.1, 0.15) is 13.2 Å². The van der Waals surface area contributed by atoms with Crippen LogP contribution >= 0.6 is 0 Å². The normalized spacial score (nSPS) is 12.1. The van der Waals surface area contributed by atoms with Crippen LogP contribution in [0, 0.1) is 0 Å². The van der Waals surface area contributed by atoms with Gasteiger partial charge >= 0.3 is 17.9 Å². The molecule has 6 nitrogen and oxygen atoms in total. The number of allylic oxidation sites excluding steroid dienone is 4. The summed E-state index contributed by atoms with van der Waals surface area (Å²) in [5.74, 6) is -0.868. The van der Waals surface area contributed by atoms with Crippen LogP contribution in [-0.2, 0) is 28.6 Å². The molecule has 0 aliphatic heterocycles. The maximum absolute atomic E-state index is 12.7. The molecular formula is C52H96O6. The van der Waals surface area contributed by atoms with Gasteiger partial charge in [-0.15, -0.1) is 0 Å². The molecule has 0 radical (unpaired) electrons. The molecule has 58 heavy (non-hydrogen) atoms. The highest BCUT2D eigenvalue weighted by Gasteiger charge is 2.19. The fourth-order valence-electron chi connectivity index (χ4n) is 7.36. The van der Waals surface area contributed by atoms with E-state index >= 15 is 0 Å². The number of rotatable bonds is 46. The molecule has 0 amide bonds. The number of unbranched alkanes of at least 4 members (excludes halogenated alkanes) is 31. The first kappa shape index (κ1) is 55.9. The summed E-state index contributed by atoms with van der Waals surface area (Å²) < 4.78 is 16.7. The van der Waals surface area contributed by atoms with Crippen molar-refractivity contribution in [3.63, 3.8) is 0 Å². The van der Waals surface area contributed by atoms with Gasteiger partial charge < -0.3 is 14.2 Å². The minimum atomic E-state index is -0.764. The molecule has 0 spiro atoms. The average molecular weight is 817 g/mol. The van der Waals surface area contributed by atoms with E-state index in [1.165, 1.54) is 167 Å². The molecule has 340 valence electrons. The summed E-state index contributed by atoms with van der Waals surface area (Å²) in [6.07, 6.45) is 53.1. The summed E-state index contributed by atoms with van der Waals surface area (Å²) in [5, 5.41) is 0. The lowest BCUT2D eigenvalue weighted by Gasteiger charge is -2.18. The average Bonchev–Trinajstić information content (AvgIpc) is 3.22. The second kappa shape index (κ2) is 47.6. The molecule has 0 aromatic carbocycles. The zero-order chi connectivity index (χ0) is 42.3. The van der Waals surface area contributed by atoms with Crippen LogP contribution in [0.4, 0.5) is 0 Å². The summed E-state index contributed by atoms with van der Waals surface area (Å²) in [4.78, 5) is 37.7. The van der Waals surface area contributed by atoms with Crippen molar-refractivity contribution in [3.05, 3.63) is 24.3 Å². The highest BCUT2D eigenvalue weighted by molar-refractivity contribution is 5.71. The van der Waals surface area contributed by atoms with E-state index in [4.69, 9.17) is 14.2 Å². The molecule has 0 saturated carbocycles. The van der Waals surface area contributed by atoms with Gasteiger partial charge in [0.15, 0.2) is 6.10 Å². The summed E-state index contributed by atoms with van der Waals surface area (Å²) >= 11 is 0. The molecule has 6 heteroatoms. The van der Waals surface area contributed by atoms with E-state index in [0.29, 0.717) is 19.3 Å². The quantitative estimate of drug-likeness (QED) is 0.0263. The van der Waals surface area contributed by atoms with Crippen LogP contribution in [0.15, 0.2) is 24.3 Å². The molecule has 0 bridgehead atoms. The van der Waals surface area contributed by atoms with Gasteiger partial charge in [0.05, 0.1) is 0 Å². The van der Waals surface area contributed by atoms with E-state index in [1.54, 1.807) is 0 Å². The Morgan fingerprint density at radius 1 is 0.345 bits per heavy atom. The summed E-state index contributed by atoms with van der Waals surface area (Å²) in [5.41, 5.74) is 0. The maximum Gasteiger partial charge on any atom is 0.306 e. The second-order valence-electron chi connectivity index (χ2n) is 17.1. The van der Waals surface area contributed by atoms with Crippen molar-refractivity contribution in [1.82, 2.24) is 0 Å². The molecule has 0 fully saturated rings. The van der Waals surface area contributed by atoms with E-state index in [1.807, 2.05) is 0 Å². The molecule has 0 aromatic heterocycles. The van der Waals surface area contributed by atoms with Crippen LogP contribution in [0.25, 0.3) is 0 Å². The number of carbonyl (C=O) groups excluding carboxylic acids is 3. The van der Waals surface area contributed by atoms with Crippen molar-refractivity contribution in [2.75, 3.05) is 13.2 Å². The van der Waals surface area contributed by atoms with Gasteiger partial charge in [-0.1, -0.05) is 225 Å². The lowest BCUT2D eigenvalue weighted by molar-refractivity contribution is -0.167. The number of carbonyl (C=O) groups is 3. The molecule has 1 unspecified atom stereocenters. The third-order valence-electron chi connectivity index (χ3n) is 11.2. The summed E-state index contributed by atoms with van der Waals surface area (Å²) in [7, 11) is 0. The van der Waals surface area contributed by atoms with E-state index in [9.17, 15) is 14.4 Å². The molecule has 0 aliphatic rings. The topological polar surface area (TPSA) is 78.9 Å². The standard InChI is InChI=1S/C52H96O6/c1-4-7-10-13-16-18-20-22-24-25-26-27-28-30-31-33-36-39-42-45-51(54)57-48-49(47-56-50(53)44-41-38-35-15-12-9-6-3)58-52(55)46-43-40-37-34-32-29-23-21-19-17-14-11-8-5-2/h16,18,22,24,49H,4-15,17,19-21,23,25-48H2,1-3H3/b18-16-,24-22-. The first-order valence-electron chi connectivity index (χ1n) is 25.3. The van der Waals surface area contributed by atoms with Gasteiger partial charge in [-0.05, 0) is 51.4 Å². The fourth-order valence-corrected chi connectivity index (χ4v) is 7.36. The zero-order valence-electron chi connectivity index (χ0n) is 38.8. The zero-order valence-corrected chi connectivity index (χ0v) is 38.8. The van der Waals surface area contributed by atoms with E-state index in [2.05, 4.69) is 45.1 Å². The van der Waals surface area contributed by atoms with Crippen LogP contribution < -0.4 is 0 Å².